The number of rotatable bonds is 7. The van der Waals surface area contributed by atoms with Crippen molar-refractivity contribution < 1.29 is 14.7 Å². The number of amides is 1. The third-order valence-electron chi connectivity index (χ3n) is 5.80. The van der Waals surface area contributed by atoms with Crippen LogP contribution < -0.4 is 5.32 Å². The highest BCUT2D eigenvalue weighted by Crippen LogP contribution is 2.27. The van der Waals surface area contributed by atoms with E-state index >= 15 is 0 Å². The van der Waals surface area contributed by atoms with E-state index in [9.17, 15) is 14.7 Å². The SMILES string of the molecule is Cc1n[nH]c(C)c1-c1ccc(CNC(C=O)[C@@H]2C[C@@H](O)CN2C(=O)CC(C)(C)C)cc1. The molecule has 0 aliphatic carbocycles. The minimum Gasteiger partial charge on any atom is -0.391 e. The maximum Gasteiger partial charge on any atom is 0.223 e. The molecule has 1 unspecified atom stereocenters. The molecule has 0 bridgehead atoms. The predicted molar refractivity (Wildman–Crippen MR) is 120 cm³/mol. The van der Waals surface area contributed by atoms with Crippen LogP contribution in [0.3, 0.4) is 0 Å². The van der Waals surface area contributed by atoms with E-state index in [1.165, 1.54) is 0 Å². The molecule has 1 aliphatic heterocycles. The molecular weight excluding hydrogens is 392 g/mol. The molecular formula is C24H34N4O3. The molecule has 2 heterocycles. The number of aromatic nitrogens is 2. The summed E-state index contributed by atoms with van der Waals surface area (Å²) in [5.74, 6) is -0.0158. The van der Waals surface area contributed by atoms with E-state index in [0.717, 1.165) is 34.4 Å². The summed E-state index contributed by atoms with van der Waals surface area (Å²) < 4.78 is 0. The largest absolute Gasteiger partial charge is 0.391 e. The molecule has 0 radical (unpaired) electrons. The lowest BCUT2D eigenvalue weighted by molar-refractivity contribution is -0.135. The lowest BCUT2D eigenvalue weighted by atomic mass is 9.91. The second-order valence-corrected chi connectivity index (χ2v) is 9.79. The highest BCUT2D eigenvalue weighted by atomic mass is 16.3. The molecule has 0 spiro atoms. The van der Waals surface area contributed by atoms with Crippen molar-refractivity contribution in [3.63, 3.8) is 0 Å². The topological polar surface area (TPSA) is 98.3 Å². The lowest BCUT2D eigenvalue weighted by Crippen LogP contribution is -2.50. The van der Waals surface area contributed by atoms with E-state index in [4.69, 9.17) is 0 Å². The van der Waals surface area contributed by atoms with Crippen molar-refractivity contribution in [3.8, 4) is 11.1 Å². The number of carbonyl (C=O) groups is 2. The van der Waals surface area contributed by atoms with Gasteiger partial charge in [0.15, 0.2) is 0 Å². The van der Waals surface area contributed by atoms with Crippen LogP contribution in [0, 0.1) is 19.3 Å². The summed E-state index contributed by atoms with van der Waals surface area (Å²) in [6.07, 6.45) is 1.05. The van der Waals surface area contributed by atoms with E-state index < -0.39 is 12.1 Å². The molecule has 7 heteroatoms. The summed E-state index contributed by atoms with van der Waals surface area (Å²) in [6.45, 7) is 10.8. The predicted octanol–water partition coefficient (Wildman–Crippen LogP) is 2.75. The number of hydrogen-bond acceptors (Lipinski definition) is 5. The highest BCUT2D eigenvalue weighted by molar-refractivity contribution is 5.78. The Kier molecular flexibility index (Phi) is 6.96. The molecule has 1 fully saturated rings. The van der Waals surface area contributed by atoms with Gasteiger partial charge in [-0.3, -0.25) is 9.89 Å². The first-order valence-corrected chi connectivity index (χ1v) is 10.9. The van der Waals surface area contributed by atoms with Gasteiger partial charge in [-0.2, -0.15) is 5.10 Å². The van der Waals surface area contributed by atoms with Gasteiger partial charge in [0, 0.05) is 30.8 Å². The van der Waals surface area contributed by atoms with Crippen LogP contribution in [-0.2, 0) is 16.1 Å². The zero-order valence-corrected chi connectivity index (χ0v) is 19.1. The third-order valence-corrected chi connectivity index (χ3v) is 5.80. The lowest BCUT2D eigenvalue weighted by Gasteiger charge is -2.31. The first kappa shape index (κ1) is 23.2. The average Bonchev–Trinajstić information content (AvgIpc) is 3.24. The summed E-state index contributed by atoms with van der Waals surface area (Å²) in [7, 11) is 0. The van der Waals surface area contributed by atoms with E-state index in [1.807, 2.05) is 46.8 Å². The van der Waals surface area contributed by atoms with Gasteiger partial charge >= 0.3 is 0 Å². The summed E-state index contributed by atoms with van der Waals surface area (Å²) >= 11 is 0. The Hall–Kier alpha value is -2.51. The first-order chi connectivity index (χ1) is 14.6. The van der Waals surface area contributed by atoms with E-state index in [2.05, 4.69) is 27.6 Å². The fourth-order valence-corrected chi connectivity index (χ4v) is 4.30. The van der Waals surface area contributed by atoms with Crippen molar-refractivity contribution in [2.45, 2.75) is 72.2 Å². The highest BCUT2D eigenvalue weighted by Gasteiger charge is 2.39. The van der Waals surface area contributed by atoms with Crippen LogP contribution in [0.15, 0.2) is 24.3 Å². The fourth-order valence-electron chi connectivity index (χ4n) is 4.30. The zero-order chi connectivity index (χ0) is 22.8. The second kappa shape index (κ2) is 9.32. The number of carbonyl (C=O) groups excluding carboxylic acids is 2. The van der Waals surface area contributed by atoms with Crippen LogP contribution in [-0.4, -0.2) is 57.1 Å². The summed E-state index contributed by atoms with van der Waals surface area (Å²) in [4.78, 5) is 26.3. The van der Waals surface area contributed by atoms with Crippen LogP contribution in [0.2, 0.25) is 0 Å². The van der Waals surface area contributed by atoms with Gasteiger partial charge in [0.05, 0.1) is 23.9 Å². The number of aliphatic hydroxyl groups excluding tert-OH is 1. The molecule has 2 aromatic rings. The quantitative estimate of drug-likeness (QED) is 0.592. The summed E-state index contributed by atoms with van der Waals surface area (Å²) in [5.41, 5.74) is 5.09. The zero-order valence-electron chi connectivity index (χ0n) is 19.1. The minimum absolute atomic E-state index is 0.0158. The minimum atomic E-state index is -0.598. The molecule has 3 N–H and O–H groups in total. The number of β-amino-alcohol motifs (C(OH)–C–C–N with tert-alkyl or cyclic N) is 1. The van der Waals surface area contributed by atoms with Gasteiger partial charge in [-0.25, -0.2) is 0 Å². The Morgan fingerprint density at radius 3 is 2.55 bits per heavy atom. The van der Waals surface area contributed by atoms with Crippen molar-refractivity contribution in [2.24, 2.45) is 5.41 Å². The first-order valence-electron chi connectivity index (χ1n) is 10.9. The van der Waals surface area contributed by atoms with E-state index in [0.29, 0.717) is 19.4 Å². The number of aromatic amines is 1. The number of benzene rings is 1. The number of aryl methyl sites for hydroxylation is 2. The number of nitrogens with zero attached hydrogens (tertiary/aromatic N) is 2. The molecule has 3 atom stereocenters. The Morgan fingerprint density at radius 2 is 2.00 bits per heavy atom. The molecule has 1 aromatic heterocycles. The van der Waals surface area contributed by atoms with Gasteiger partial charge in [0.1, 0.15) is 6.29 Å². The normalized spacial score (nSPS) is 20.1. The number of hydrogen-bond donors (Lipinski definition) is 3. The smallest absolute Gasteiger partial charge is 0.223 e. The van der Waals surface area contributed by atoms with Crippen LogP contribution in [0.5, 0.6) is 0 Å². The van der Waals surface area contributed by atoms with Gasteiger partial charge in [-0.15, -0.1) is 0 Å². The molecule has 168 valence electrons. The number of aliphatic hydroxyl groups is 1. The number of H-pyrrole nitrogens is 1. The van der Waals surface area contributed by atoms with Gasteiger partial charge in [-0.1, -0.05) is 45.0 Å². The molecule has 1 amide bonds. The van der Waals surface area contributed by atoms with Gasteiger partial charge in [-0.05, 0) is 36.8 Å². The molecule has 7 nitrogen and oxygen atoms in total. The monoisotopic (exact) mass is 426 g/mol. The van der Waals surface area contributed by atoms with Crippen LogP contribution >= 0.6 is 0 Å². The Morgan fingerprint density at radius 1 is 1.32 bits per heavy atom. The second-order valence-electron chi connectivity index (χ2n) is 9.79. The van der Waals surface area contributed by atoms with E-state index in [-0.39, 0.29) is 23.9 Å². The van der Waals surface area contributed by atoms with Crippen LogP contribution in [0.25, 0.3) is 11.1 Å². The number of aldehydes is 1. The Bertz CT molecular complexity index is 894. The third kappa shape index (κ3) is 5.60. The standard InChI is InChI=1S/C24H34N4O3/c1-15-23(16(2)27-26-15)18-8-6-17(7-9-18)12-25-20(14-29)21-10-19(30)13-28(21)22(31)11-24(3,4)5/h6-9,14,19-21,25,30H,10-13H2,1-5H3,(H,26,27)/t19-,20?,21+/m1/s1. The Labute approximate surface area is 184 Å². The van der Waals surface area contributed by atoms with Crippen LogP contribution in [0.4, 0.5) is 0 Å². The van der Waals surface area contributed by atoms with Crippen molar-refractivity contribution in [3.05, 3.63) is 41.2 Å². The molecule has 3 rings (SSSR count). The number of likely N-dealkylation sites (tertiary alicyclic amines) is 1. The fraction of sp³-hybridized carbons (Fsp3) is 0.542. The van der Waals surface area contributed by atoms with Crippen LogP contribution in [0.1, 0.15) is 50.6 Å². The molecule has 0 saturated carbocycles. The maximum absolute atomic E-state index is 12.8. The van der Waals surface area contributed by atoms with Crippen molar-refractivity contribution in [2.75, 3.05) is 6.54 Å². The van der Waals surface area contributed by atoms with Gasteiger partial charge in [0.2, 0.25) is 5.91 Å². The van der Waals surface area contributed by atoms with Gasteiger partial charge < -0.3 is 20.1 Å². The molecule has 1 saturated heterocycles. The van der Waals surface area contributed by atoms with Crippen molar-refractivity contribution >= 4 is 12.2 Å². The number of nitrogens with one attached hydrogen (secondary N) is 2. The van der Waals surface area contributed by atoms with Crippen molar-refractivity contribution in [1.82, 2.24) is 20.4 Å². The summed E-state index contributed by atoms with van der Waals surface area (Å²) in [5, 5.41) is 20.7. The Balaban J connectivity index is 1.66. The molecule has 31 heavy (non-hydrogen) atoms. The van der Waals surface area contributed by atoms with Gasteiger partial charge in [0.25, 0.3) is 0 Å². The average molecular weight is 427 g/mol. The molecule has 1 aromatic carbocycles. The molecule has 1 aliphatic rings. The van der Waals surface area contributed by atoms with E-state index in [1.54, 1.807) is 4.90 Å². The maximum atomic E-state index is 12.8. The van der Waals surface area contributed by atoms with Crippen molar-refractivity contribution in [1.29, 1.82) is 0 Å². The summed E-state index contributed by atoms with van der Waals surface area (Å²) in [6, 6.07) is 7.30.